The third-order valence-corrected chi connectivity index (χ3v) is 7.85. The van der Waals surface area contributed by atoms with Crippen LogP contribution in [0, 0.1) is 24.5 Å². The summed E-state index contributed by atoms with van der Waals surface area (Å²) in [5, 5.41) is 4.01. The van der Waals surface area contributed by atoms with Gasteiger partial charge in [-0.1, -0.05) is 16.9 Å². The van der Waals surface area contributed by atoms with Gasteiger partial charge in [0.05, 0.1) is 29.3 Å². The van der Waals surface area contributed by atoms with Crippen molar-refractivity contribution in [2.75, 3.05) is 13.7 Å². The third kappa shape index (κ3) is 4.80. The molecule has 0 radical (unpaired) electrons. The highest BCUT2D eigenvalue weighted by Gasteiger charge is 2.66. The number of carbonyl (C=O) groups is 1. The highest BCUT2D eigenvalue weighted by molar-refractivity contribution is 8.15. The first-order chi connectivity index (χ1) is 17.6. The number of aliphatic imine (C=N–C) groups is 1. The average molecular weight is 531 g/mol. The maximum atomic E-state index is 15.1. The van der Waals surface area contributed by atoms with Crippen molar-refractivity contribution in [3.05, 3.63) is 64.7 Å². The van der Waals surface area contributed by atoms with Crippen molar-refractivity contribution in [2.24, 2.45) is 16.6 Å². The van der Waals surface area contributed by atoms with Gasteiger partial charge in [0.15, 0.2) is 29.2 Å². The van der Waals surface area contributed by atoms with Crippen molar-refractivity contribution in [1.82, 2.24) is 20.1 Å². The second kappa shape index (κ2) is 9.45. The number of methoxy groups -OCH3 is 1. The lowest BCUT2D eigenvalue weighted by Crippen LogP contribution is -2.38. The Balaban J connectivity index is 1.33. The Labute approximate surface area is 215 Å². The molecule has 0 unspecified atom stereocenters. The number of rotatable bonds is 9. The molecule has 2 aliphatic rings. The molecule has 1 aromatic carbocycles. The lowest BCUT2D eigenvalue weighted by atomic mass is 9.84. The van der Waals surface area contributed by atoms with Crippen LogP contribution in [-0.2, 0) is 23.3 Å². The fourth-order valence-corrected chi connectivity index (χ4v) is 6.24. The predicted octanol–water partition coefficient (Wildman–Crippen LogP) is 3.13. The third-order valence-electron chi connectivity index (χ3n) is 6.57. The summed E-state index contributed by atoms with van der Waals surface area (Å²) in [6, 6.07) is 2.49. The number of benzene rings is 1. The van der Waals surface area contributed by atoms with E-state index in [1.165, 1.54) is 30.2 Å². The fraction of sp³-hybridized carbons (Fsp3) is 0.417. The molecule has 0 amide bonds. The number of ether oxygens (including phenoxy) is 2. The molecule has 3 atom stereocenters. The summed E-state index contributed by atoms with van der Waals surface area (Å²) in [6.07, 6.45) is 3.04. The molecule has 0 spiro atoms. The number of halogens is 2. The van der Waals surface area contributed by atoms with E-state index in [0.29, 0.717) is 35.5 Å². The molecule has 1 aliphatic carbocycles. The molecule has 2 N–H and O–H groups in total. The van der Waals surface area contributed by atoms with E-state index in [1.54, 1.807) is 21.0 Å². The lowest BCUT2D eigenvalue weighted by Gasteiger charge is -2.34. The molecule has 3 heterocycles. The van der Waals surface area contributed by atoms with Gasteiger partial charge in [-0.05, 0) is 31.0 Å². The molecule has 5 rings (SSSR count). The number of fused-ring (bicyclic) bond motifs is 1. The van der Waals surface area contributed by atoms with Gasteiger partial charge in [-0.25, -0.2) is 18.7 Å². The van der Waals surface area contributed by atoms with Crippen molar-refractivity contribution in [2.45, 2.75) is 43.6 Å². The maximum absolute atomic E-state index is 15.1. The predicted molar refractivity (Wildman–Crippen MR) is 129 cm³/mol. The summed E-state index contributed by atoms with van der Waals surface area (Å²) >= 11 is 1.41. The standard InChI is InChI=1S/C24H24F2N6O4S/c1-12-30-19(32-36-12)10-35-20-9-28-16(8-29-20)17(33)6-13-4-14(21(26)15(25)5-13)23(2)18-7-24(18,11-34-3)37-22(27)31-23/h4-5,8-9,18H,6-7,10-11H2,1-3H3,(H2,27,31)/t18-,23+,24+/m0/s1. The van der Waals surface area contributed by atoms with E-state index in [9.17, 15) is 9.18 Å². The zero-order valence-corrected chi connectivity index (χ0v) is 21.1. The van der Waals surface area contributed by atoms with Gasteiger partial charge in [0.1, 0.15) is 5.69 Å². The zero-order valence-electron chi connectivity index (χ0n) is 20.3. The van der Waals surface area contributed by atoms with Crippen molar-refractivity contribution in [3.63, 3.8) is 0 Å². The number of aromatic nitrogens is 4. The molecule has 1 fully saturated rings. The summed E-state index contributed by atoms with van der Waals surface area (Å²) in [6.45, 7) is 3.84. The van der Waals surface area contributed by atoms with Gasteiger partial charge in [-0.2, -0.15) is 4.98 Å². The van der Waals surface area contributed by atoms with Gasteiger partial charge >= 0.3 is 0 Å². The number of nitrogens with two attached hydrogens (primary N) is 1. The van der Waals surface area contributed by atoms with Crippen molar-refractivity contribution in [3.8, 4) is 5.88 Å². The van der Waals surface area contributed by atoms with Gasteiger partial charge in [-0.3, -0.25) is 9.79 Å². The summed E-state index contributed by atoms with van der Waals surface area (Å²) in [5.41, 5.74) is 5.40. The van der Waals surface area contributed by atoms with Crippen molar-refractivity contribution in [1.29, 1.82) is 0 Å². The van der Waals surface area contributed by atoms with Crippen molar-refractivity contribution < 1.29 is 27.6 Å². The van der Waals surface area contributed by atoms with Crippen LogP contribution in [0.4, 0.5) is 8.78 Å². The SMILES string of the molecule is COC[C@]12C[C@H]1[C@@](C)(c1cc(CC(=O)c3cnc(OCc4noc(C)n4)cn3)cc(F)c1F)N=C(N)S2. The summed E-state index contributed by atoms with van der Waals surface area (Å²) in [4.78, 5) is 29.6. The Hall–Kier alpha value is -3.45. The number of nitrogens with zero attached hydrogens (tertiary/aromatic N) is 5. The smallest absolute Gasteiger partial charge is 0.232 e. The maximum Gasteiger partial charge on any atom is 0.232 e. The van der Waals surface area contributed by atoms with Crippen LogP contribution in [0.5, 0.6) is 5.88 Å². The van der Waals surface area contributed by atoms with E-state index in [2.05, 4.69) is 25.1 Å². The van der Waals surface area contributed by atoms with Gasteiger partial charge < -0.3 is 19.7 Å². The zero-order chi connectivity index (χ0) is 26.4. The average Bonchev–Trinajstić information content (AvgIpc) is 3.42. The molecule has 1 saturated carbocycles. The molecule has 194 valence electrons. The van der Waals surface area contributed by atoms with E-state index in [1.807, 2.05) is 0 Å². The molecule has 10 nitrogen and oxygen atoms in total. The van der Waals surface area contributed by atoms with E-state index in [4.69, 9.17) is 19.7 Å². The summed E-state index contributed by atoms with van der Waals surface area (Å²) in [5.74, 6) is -1.66. The number of thioether (sulfide) groups is 1. The topological polar surface area (TPSA) is 139 Å². The molecule has 0 bridgehead atoms. The minimum Gasteiger partial charge on any atom is -0.468 e. The van der Waals surface area contributed by atoms with E-state index in [0.717, 1.165) is 6.07 Å². The van der Waals surface area contributed by atoms with E-state index < -0.39 is 23.0 Å². The van der Waals surface area contributed by atoms with Crippen LogP contribution in [0.3, 0.4) is 0 Å². The van der Waals surface area contributed by atoms with Crippen LogP contribution in [0.15, 0.2) is 34.0 Å². The molecule has 13 heteroatoms. The summed E-state index contributed by atoms with van der Waals surface area (Å²) < 4.78 is 45.1. The van der Waals surface area contributed by atoms with Crippen LogP contribution in [-0.4, -0.2) is 49.5 Å². The van der Waals surface area contributed by atoms with Crippen molar-refractivity contribution >= 4 is 22.7 Å². The molecule has 3 aromatic rings. The van der Waals surface area contributed by atoms with Crippen LogP contribution in [0.2, 0.25) is 0 Å². The van der Waals surface area contributed by atoms with Gasteiger partial charge in [0.2, 0.25) is 17.6 Å². The number of Topliss-reactive ketones (excluding diaryl/α,β-unsaturated/α-hetero) is 1. The van der Waals surface area contributed by atoms with Crippen LogP contribution in [0.1, 0.15) is 46.7 Å². The first-order valence-corrected chi connectivity index (χ1v) is 12.2. The van der Waals surface area contributed by atoms with Crippen LogP contribution < -0.4 is 10.5 Å². The molecular weight excluding hydrogens is 506 g/mol. The van der Waals surface area contributed by atoms with E-state index >= 15 is 4.39 Å². The minimum atomic E-state index is -1.09. The highest BCUT2D eigenvalue weighted by Crippen LogP contribution is 2.66. The first kappa shape index (κ1) is 25.2. The Kier molecular flexibility index (Phi) is 6.44. The van der Waals surface area contributed by atoms with Gasteiger partial charge in [-0.15, -0.1) is 0 Å². The highest BCUT2D eigenvalue weighted by atomic mass is 32.2. The number of ketones is 1. The molecule has 2 aromatic heterocycles. The number of hydrogen-bond donors (Lipinski definition) is 1. The minimum absolute atomic E-state index is 0.0217. The second-order valence-corrected chi connectivity index (χ2v) is 10.7. The Morgan fingerprint density at radius 1 is 1.30 bits per heavy atom. The number of hydrogen-bond acceptors (Lipinski definition) is 11. The molecule has 1 aliphatic heterocycles. The molecule has 37 heavy (non-hydrogen) atoms. The van der Waals surface area contributed by atoms with E-state index in [-0.39, 0.29) is 40.8 Å². The fourth-order valence-electron chi connectivity index (χ4n) is 4.79. The van der Waals surface area contributed by atoms with Crippen LogP contribution >= 0.6 is 11.8 Å². The second-order valence-electron chi connectivity index (χ2n) is 9.25. The molecular formula is C24H24F2N6O4S. The number of amidine groups is 1. The number of aryl methyl sites for hydroxylation is 1. The molecule has 0 saturated heterocycles. The Morgan fingerprint density at radius 3 is 2.78 bits per heavy atom. The number of carbonyl (C=O) groups excluding carboxylic acids is 1. The Bertz CT molecular complexity index is 1380. The Morgan fingerprint density at radius 2 is 2.11 bits per heavy atom. The quantitative estimate of drug-likeness (QED) is 0.411. The first-order valence-electron chi connectivity index (χ1n) is 11.4. The van der Waals surface area contributed by atoms with Crippen LogP contribution in [0.25, 0.3) is 0 Å². The normalized spacial score (nSPS) is 24.4. The van der Waals surface area contributed by atoms with Gasteiger partial charge in [0.25, 0.3) is 0 Å². The van der Waals surface area contributed by atoms with Gasteiger partial charge in [0, 0.05) is 31.9 Å². The monoisotopic (exact) mass is 530 g/mol. The lowest BCUT2D eigenvalue weighted by molar-refractivity contribution is 0.0987. The largest absolute Gasteiger partial charge is 0.468 e. The summed E-state index contributed by atoms with van der Waals surface area (Å²) in [7, 11) is 1.59.